The van der Waals surface area contributed by atoms with E-state index in [2.05, 4.69) is 10.0 Å². The molecule has 0 radical (unpaired) electrons. The number of alkyl carbamates (subject to hydrolysis) is 1. The van der Waals surface area contributed by atoms with Crippen LogP contribution in [-0.4, -0.2) is 37.7 Å². The predicted octanol–water partition coefficient (Wildman–Crippen LogP) is 4.57. The van der Waals surface area contributed by atoms with Gasteiger partial charge in [-0.05, 0) is 83.9 Å². The Balaban J connectivity index is 2.30. The molecule has 9 heteroatoms. The minimum Gasteiger partial charge on any atom is -0.458 e. The van der Waals surface area contributed by atoms with Gasteiger partial charge in [0.05, 0.1) is 4.90 Å². The summed E-state index contributed by atoms with van der Waals surface area (Å²) in [7, 11) is -3.78. The minimum atomic E-state index is -3.78. The van der Waals surface area contributed by atoms with Crippen LogP contribution in [0.2, 0.25) is 0 Å². The molecule has 2 aromatic carbocycles. The average molecular weight is 491 g/mol. The monoisotopic (exact) mass is 490 g/mol. The molecule has 0 aliphatic heterocycles. The van der Waals surface area contributed by atoms with Crippen molar-refractivity contribution in [2.45, 2.75) is 77.0 Å². The summed E-state index contributed by atoms with van der Waals surface area (Å²) in [6.45, 7) is 12.2. The number of carbonyl (C=O) groups is 2. The summed E-state index contributed by atoms with van der Waals surface area (Å²) in [4.78, 5) is 25.4. The van der Waals surface area contributed by atoms with Crippen molar-refractivity contribution in [2.24, 2.45) is 0 Å². The molecule has 2 aromatic rings. The quantitative estimate of drug-likeness (QED) is 0.550. The number of aryl methyl sites for hydroxylation is 1. The number of hydrogen-bond donors (Lipinski definition) is 2. The van der Waals surface area contributed by atoms with Crippen LogP contribution in [0, 0.1) is 6.92 Å². The Kier molecular flexibility index (Phi) is 8.36. The fraction of sp³-hybridized carbons (Fsp3) is 0.440. The summed E-state index contributed by atoms with van der Waals surface area (Å²) in [5, 5.41) is 2.59. The average Bonchev–Trinajstić information content (AvgIpc) is 2.67. The van der Waals surface area contributed by atoms with E-state index in [0.29, 0.717) is 11.3 Å². The van der Waals surface area contributed by atoms with Crippen molar-refractivity contribution in [1.29, 1.82) is 0 Å². The van der Waals surface area contributed by atoms with Gasteiger partial charge in [0.1, 0.15) is 17.2 Å². The van der Waals surface area contributed by atoms with E-state index in [1.54, 1.807) is 77.9 Å². The maximum Gasteiger partial charge on any atom is 0.408 e. The Labute approximate surface area is 202 Å². The second-order valence-electron chi connectivity index (χ2n) is 10.00. The molecule has 8 nitrogen and oxygen atoms in total. The molecule has 0 heterocycles. The van der Waals surface area contributed by atoms with Crippen LogP contribution in [0.25, 0.3) is 0 Å². The van der Waals surface area contributed by atoms with E-state index in [0.717, 1.165) is 5.56 Å². The Bertz CT molecular complexity index is 1120. The lowest BCUT2D eigenvalue weighted by atomic mass is 10.00. The molecule has 1 atom stereocenters. The molecule has 0 saturated heterocycles. The van der Waals surface area contributed by atoms with E-state index in [4.69, 9.17) is 9.47 Å². The van der Waals surface area contributed by atoms with Crippen molar-refractivity contribution in [3.63, 3.8) is 0 Å². The molecule has 0 aliphatic carbocycles. The number of hydrogen-bond acceptors (Lipinski definition) is 6. The highest BCUT2D eigenvalue weighted by Crippen LogP contribution is 2.22. The van der Waals surface area contributed by atoms with Crippen molar-refractivity contribution in [3.8, 4) is 0 Å². The highest BCUT2D eigenvalue weighted by atomic mass is 32.2. The van der Waals surface area contributed by atoms with Crippen LogP contribution in [0.15, 0.2) is 53.4 Å². The number of anilines is 1. The molecule has 2 N–H and O–H groups in total. The summed E-state index contributed by atoms with van der Waals surface area (Å²) >= 11 is 0. The first kappa shape index (κ1) is 27.2. The molecule has 0 aliphatic rings. The molecular formula is C25H34N2O6S. The van der Waals surface area contributed by atoms with Gasteiger partial charge in [0.15, 0.2) is 0 Å². The number of esters is 1. The van der Waals surface area contributed by atoms with E-state index >= 15 is 0 Å². The number of ether oxygens (including phenoxy) is 2. The first-order valence-corrected chi connectivity index (χ1v) is 12.4. The zero-order valence-corrected chi connectivity index (χ0v) is 21.6. The van der Waals surface area contributed by atoms with Gasteiger partial charge in [-0.25, -0.2) is 18.0 Å². The van der Waals surface area contributed by atoms with Gasteiger partial charge in [0.25, 0.3) is 10.0 Å². The number of nitrogens with one attached hydrogen (secondary N) is 2. The molecule has 0 saturated carbocycles. The van der Waals surface area contributed by atoms with E-state index < -0.39 is 39.3 Å². The lowest BCUT2D eigenvalue weighted by molar-refractivity contribution is -0.157. The van der Waals surface area contributed by atoms with Crippen molar-refractivity contribution >= 4 is 27.8 Å². The van der Waals surface area contributed by atoms with Gasteiger partial charge in [0.2, 0.25) is 0 Å². The van der Waals surface area contributed by atoms with Crippen LogP contribution in [-0.2, 0) is 30.7 Å². The number of amides is 1. The first-order valence-electron chi connectivity index (χ1n) is 11.0. The molecule has 0 spiro atoms. The predicted molar refractivity (Wildman–Crippen MR) is 131 cm³/mol. The molecule has 0 bridgehead atoms. The molecule has 0 aromatic heterocycles. The Hall–Kier alpha value is -3.07. The summed E-state index contributed by atoms with van der Waals surface area (Å²) in [6, 6.07) is 12.0. The van der Waals surface area contributed by atoms with Crippen molar-refractivity contribution in [1.82, 2.24) is 5.32 Å². The highest BCUT2D eigenvalue weighted by molar-refractivity contribution is 7.92. The zero-order chi connectivity index (χ0) is 25.7. The third-order valence-corrected chi connectivity index (χ3v) is 5.86. The molecule has 34 heavy (non-hydrogen) atoms. The Morgan fingerprint density at radius 2 is 1.50 bits per heavy atom. The van der Waals surface area contributed by atoms with Gasteiger partial charge in [-0.1, -0.05) is 24.3 Å². The normalized spacial score (nSPS) is 13.0. The van der Waals surface area contributed by atoms with Crippen LogP contribution in [0.4, 0.5) is 10.5 Å². The SMILES string of the molecule is Cc1ccc(NS(=O)(=O)c2ccccc2)cc1C[C@H](NC(=O)OC(C)(C)C)C(=O)OC(C)(C)C. The topological polar surface area (TPSA) is 111 Å². The van der Waals surface area contributed by atoms with Crippen LogP contribution in [0.1, 0.15) is 52.7 Å². The maximum atomic E-state index is 12.9. The standard InChI is InChI=1S/C25H34N2O6S/c1-17-13-14-19(27-34(30,31)20-11-9-8-10-12-20)15-18(17)16-21(22(28)32-24(2,3)4)26-23(29)33-25(5,6)7/h8-15,21,27H,16H2,1-7H3,(H,26,29)/t21-/m0/s1. The van der Waals surface area contributed by atoms with E-state index in [9.17, 15) is 18.0 Å². The van der Waals surface area contributed by atoms with Crippen molar-refractivity contribution < 1.29 is 27.5 Å². The van der Waals surface area contributed by atoms with E-state index in [1.807, 2.05) is 6.92 Å². The molecular weight excluding hydrogens is 456 g/mol. The van der Waals surface area contributed by atoms with Crippen LogP contribution in [0.5, 0.6) is 0 Å². The summed E-state index contributed by atoms with van der Waals surface area (Å²) in [5.41, 5.74) is 0.327. The number of sulfonamides is 1. The third-order valence-electron chi connectivity index (χ3n) is 4.46. The van der Waals surface area contributed by atoms with E-state index in [1.165, 1.54) is 12.1 Å². The van der Waals surface area contributed by atoms with Gasteiger partial charge in [0, 0.05) is 12.1 Å². The molecule has 0 unspecified atom stereocenters. The van der Waals surface area contributed by atoms with E-state index in [-0.39, 0.29) is 11.3 Å². The van der Waals surface area contributed by atoms with Crippen LogP contribution in [0.3, 0.4) is 0 Å². The van der Waals surface area contributed by atoms with Crippen LogP contribution < -0.4 is 10.0 Å². The summed E-state index contributed by atoms with van der Waals surface area (Å²) in [5.74, 6) is -0.618. The van der Waals surface area contributed by atoms with Gasteiger partial charge in [-0.15, -0.1) is 0 Å². The molecule has 2 rings (SSSR count). The smallest absolute Gasteiger partial charge is 0.408 e. The first-order chi connectivity index (χ1) is 15.6. The Morgan fingerprint density at radius 3 is 2.06 bits per heavy atom. The number of benzene rings is 2. The highest BCUT2D eigenvalue weighted by Gasteiger charge is 2.29. The van der Waals surface area contributed by atoms with Crippen molar-refractivity contribution in [3.05, 3.63) is 59.7 Å². The number of rotatable bonds is 7. The second kappa shape index (κ2) is 10.5. The fourth-order valence-electron chi connectivity index (χ4n) is 3.00. The lowest BCUT2D eigenvalue weighted by Crippen LogP contribution is -2.47. The van der Waals surface area contributed by atoms with Gasteiger partial charge in [-0.2, -0.15) is 0 Å². The van der Waals surface area contributed by atoms with Gasteiger partial charge < -0.3 is 14.8 Å². The minimum absolute atomic E-state index is 0.0842. The van der Waals surface area contributed by atoms with Gasteiger partial charge in [-0.3, -0.25) is 4.72 Å². The lowest BCUT2D eigenvalue weighted by Gasteiger charge is -2.26. The maximum absolute atomic E-state index is 12.9. The van der Waals surface area contributed by atoms with Crippen LogP contribution >= 0.6 is 0 Å². The summed E-state index contributed by atoms with van der Waals surface area (Å²) in [6.07, 6.45) is -0.664. The second-order valence-corrected chi connectivity index (χ2v) is 11.7. The molecule has 186 valence electrons. The van der Waals surface area contributed by atoms with Crippen molar-refractivity contribution in [2.75, 3.05) is 4.72 Å². The fourth-order valence-corrected chi connectivity index (χ4v) is 4.08. The third kappa shape index (κ3) is 8.70. The summed E-state index contributed by atoms with van der Waals surface area (Å²) < 4.78 is 38.8. The number of carbonyl (C=O) groups excluding carboxylic acids is 2. The molecule has 0 fully saturated rings. The van der Waals surface area contributed by atoms with Gasteiger partial charge >= 0.3 is 12.1 Å². The molecule has 1 amide bonds. The Morgan fingerprint density at radius 1 is 0.912 bits per heavy atom. The largest absolute Gasteiger partial charge is 0.458 e. The zero-order valence-electron chi connectivity index (χ0n) is 20.8.